The highest BCUT2D eigenvalue weighted by molar-refractivity contribution is 5.95. The second-order valence-corrected chi connectivity index (χ2v) is 5.60. The molecule has 2 aromatic rings. The van der Waals surface area contributed by atoms with Crippen molar-refractivity contribution in [2.75, 3.05) is 0 Å². The summed E-state index contributed by atoms with van der Waals surface area (Å²) in [5.41, 5.74) is 2.25. The third-order valence-electron chi connectivity index (χ3n) is 3.70. The maximum Gasteiger partial charge on any atom is 0.287 e. The van der Waals surface area contributed by atoms with Crippen molar-refractivity contribution >= 4 is 11.8 Å². The monoisotopic (exact) mass is 314 g/mol. The van der Waals surface area contributed by atoms with Crippen molar-refractivity contribution < 1.29 is 14.0 Å². The van der Waals surface area contributed by atoms with E-state index in [4.69, 9.17) is 4.42 Å². The average molecular weight is 314 g/mol. The van der Waals surface area contributed by atoms with E-state index in [0.717, 1.165) is 17.5 Å². The maximum absolute atomic E-state index is 12.1. The van der Waals surface area contributed by atoms with Crippen LogP contribution in [0.4, 0.5) is 0 Å². The van der Waals surface area contributed by atoms with Gasteiger partial charge in [0.25, 0.3) is 11.8 Å². The summed E-state index contributed by atoms with van der Waals surface area (Å²) in [5.74, 6) is -0.0490. The molecule has 0 fully saturated rings. The number of nitrogens with one attached hydrogen (secondary N) is 2. The lowest BCUT2D eigenvalue weighted by Crippen LogP contribution is -2.32. The Morgan fingerprint density at radius 1 is 1.22 bits per heavy atom. The van der Waals surface area contributed by atoms with Crippen molar-refractivity contribution in [3.8, 4) is 0 Å². The fraction of sp³-hybridized carbons (Fsp3) is 0.333. The van der Waals surface area contributed by atoms with Crippen LogP contribution in [0.5, 0.6) is 0 Å². The predicted molar refractivity (Wildman–Crippen MR) is 88.3 cm³/mol. The number of aryl methyl sites for hydroxylation is 1. The van der Waals surface area contributed by atoms with Gasteiger partial charge in [-0.05, 0) is 44.0 Å². The normalized spacial score (nSPS) is 11.8. The molecule has 122 valence electrons. The molecule has 1 atom stereocenters. The molecule has 0 aliphatic heterocycles. The molecule has 0 spiro atoms. The summed E-state index contributed by atoms with van der Waals surface area (Å²) in [6, 6.07) is 9.11. The van der Waals surface area contributed by atoms with Crippen LogP contribution in [-0.2, 0) is 6.54 Å². The summed E-state index contributed by atoms with van der Waals surface area (Å²) >= 11 is 0. The molecule has 0 aliphatic carbocycles. The quantitative estimate of drug-likeness (QED) is 0.861. The van der Waals surface area contributed by atoms with Gasteiger partial charge < -0.3 is 15.1 Å². The van der Waals surface area contributed by atoms with E-state index in [1.807, 2.05) is 32.9 Å². The first-order chi connectivity index (χ1) is 11.0. The molecule has 0 saturated carbocycles. The average Bonchev–Trinajstić information content (AvgIpc) is 2.98. The lowest BCUT2D eigenvalue weighted by Gasteiger charge is -2.12. The minimum absolute atomic E-state index is 0.102. The minimum Gasteiger partial charge on any atom is -0.459 e. The Labute approximate surface area is 136 Å². The molecule has 5 heteroatoms. The Balaban J connectivity index is 1.99. The number of hydrogen-bond donors (Lipinski definition) is 2. The lowest BCUT2D eigenvalue weighted by atomic mass is 10.1. The van der Waals surface area contributed by atoms with Gasteiger partial charge in [-0.1, -0.05) is 19.1 Å². The zero-order valence-corrected chi connectivity index (χ0v) is 13.7. The predicted octanol–water partition coefficient (Wildman–Crippen LogP) is 3.05. The van der Waals surface area contributed by atoms with E-state index in [2.05, 4.69) is 10.6 Å². The van der Waals surface area contributed by atoms with Crippen LogP contribution in [0.25, 0.3) is 0 Å². The van der Waals surface area contributed by atoms with Gasteiger partial charge in [0.15, 0.2) is 5.76 Å². The summed E-state index contributed by atoms with van der Waals surface area (Å²) in [5, 5.41) is 5.72. The largest absolute Gasteiger partial charge is 0.459 e. The first-order valence-electron chi connectivity index (χ1n) is 7.73. The number of benzene rings is 1. The molecule has 2 amide bonds. The van der Waals surface area contributed by atoms with Crippen molar-refractivity contribution in [3.63, 3.8) is 0 Å². The minimum atomic E-state index is -0.262. The van der Waals surface area contributed by atoms with Crippen LogP contribution >= 0.6 is 0 Å². The van der Waals surface area contributed by atoms with Crippen LogP contribution in [0.15, 0.2) is 41.0 Å². The van der Waals surface area contributed by atoms with Gasteiger partial charge in [0.2, 0.25) is 0 Å². The molecule has 1 aromatic carbocycles. The van der Waals surface area contributed by atoms with Crippen LogP contribution < -0.4 is 10.6 Å². The molecular weight excluding hydrogens is 292 g/mol. The van der Waals surface area contributed by atoms with Crippen LogP contribution in [0.2, 0.25) is 0 Å². The van der Waals surface area contributed by atoms with Crippen molar-refractivity contribution in [1.29, 1.82) is 0 Å². The fourth-order valence-electron chi connectivity index (χ4n) is 2.10. The highest BCUT2D eigenvalue weighted by atomic mass is 16.3. The third-order valence-corrected chi connectivity index (χ3v) is 3.70. The molecular formula is C18H22N2O3. The summed E-state index contributed by atoms with van der Waals surface area (Å²) in [4.78, 5) is 24.1. The third kappa shape index (κ3) is 4.45. The van der Waals surface area contributed by atoms with E-state index in [0.29, 0.717) is 17.9 Å². The van der Waals surface area contributed by atoms with Crippen LogP contribution in [0.1, 0.15) is 52.3 Å². The van der Waals surface area contributed by atoms with Crippen molar-refractivity contribution in [2.45, 2.75) is 39.8 Å². The summed E-state index contributed by atoms with van der Waals surface area (Å²) in [6.07, 6.45) is 2.37. The first kappa shape index (κ1) is 16.8. The van der Waals surface area contributed by atoms with Gasteiger partial charge in [-0.25, -0.2) is 0 Å². The molecule has 0 saturated heterocycles. The molecule has 23 heavy (non-hydrogen) atoms. The fourth-order valence-corrected chi connectivity index (χ4v) is 2.10. The number of carbonyl (C=O) groups is 2. The smallest absolute Gasteiger partial charge is 0.287 e. The van der Waals surface area contributed by atoms with Crippen LogP contribution in [-0.4, -0.2) is 17.9 Å². The van der Waals surface area contributed by atoms with Gasteiger partial charge in [0.1, 0.15) is 0 Å². The second-order valence-electron chi connectivity index (χ2n) is 5.60. The Morgan fingerprint density at radius 3 is 2.65 bits per heavy atom. The summed E-state index contributed by atoms with van der Waals surface area (Å²) < 4.78 is 5.16. The van der Waals surface area contributed by atoms with Gasteiger partial charge >= 0.3 is 0 Å². The Hall–Kier alpha value is -2.56. The van der Waals surface area contributed by atoms with Gasteiger partial charge in [0, 0.05) is 23.7 Å². The van der Waals surface area contributed by atoms with E-state index in [9.17, 15) is 9.59 Å². The van der Waals surface area contributed by atoms with Crippen LogP contribution in [0, 0.1) is 6.92 Å². The van der Waals surface area contributed by atoms with E-state index in [1.165, 1.54) is 6.26 Å². The number of carbonyl (C=O) groups excluding carboxylic acids is 2. The SMILES string of the molecule is CC[C@H](C)NC(=O)c1cccc(CNC(=O)c2occc2C)c1. The molecule has 1 heterocycles. The molecule has 0 aliphatic rings. The Kier molecular flexibility index (Phi) is 5.57. The zero-order valence-electron chi connectivity index (χ0n) is 13.7. The van der Waals surface area contributed by atoms with E-state index in [1.54, 1.807) is 18.2 Å². The lowest BCUT2D eigenvalue weighted by molar-refractivity contribution is 0.0920. The number of hydrogen-bond acceptors (Lipinski definition) is 3. The van der Waals surface area contributed by atoms with Crippen LogP contribution in [0.3, 0.4) is 0 Å². The van der Waals surface area contributed by atoms with Gasteiger partial charge in [-0.2, -0.15) is 0 Å². The highest BCUT2D eigenvalue weighted by Crippen LogP contribution is 2.10. The molecule has 0 bridgehead atoms. The number of amides is 2. The Bertz CT molecular complexity index is 691. The molecule has 5 nitrogen and oxygen atoms in total. The summed E-state index contributed by atoms with van der Waals surface area (Å²) in [6.45, 7) is 6.14. The first-order valence-corrected chi connectivity index (χ1v) is 7.73. The van der Waals surface area contributed by atoms with Gasteiger partial charge in [-0.15, -0.1) is 0 Å². The molecule has 2 rings (SSSR count). The number of furan rings is 1. The van der Waals surface area contributed by atoms with E-state index >= 15 is 0 Å². The number of rotatable bonds is 6. The topological polar surface area (TPSA) is 71.3 Å². The van der Waals surface area contributed by atoms with E-state index in [-0.39, 0.29) is 17.9 Å². The maximum atomic E-state index is 12.1. The second kappa shape index (κ2) is 7.63. The zero-order chi connectivity index (χ0) is 16.8. The standard InChI is InChI=1S/C18H22N2O3/c1-4-13(3)20-17(21)15-7-5-6-14(10-15)11-19-18(22)16-12(2)8-9-23-16/h5-10,13H,4,11H2,1-3H3,(H,19,22)(H,20,21)/t13-/m0/s1. The molecule has 0 unspecified atom stereocenters. The van der Waals surface area contributed by atoms with Crippen molar-refractivity contribution in [3.05, 3.63) is 59.0 Å². The van der Waals surface area contributed by atoms with E-state index < -0.39 is 0 Å². The Morgan fingerprint density at radius 2 is 2.00 bits per heavy atom. The van der Waals surface area contributed by atoms with Crippen molar-refractivity contribution in [1.82, 2.24) is 10.6 Å². The molecule has 0 radical (unpaired) electrons. The molecule has 2 N–H and O–H groups in total. The van der Waals surface area contributed by atoms with Gasteiger partial charge in [-0.3, -0.25) is 9.59 Å². The summed E-state index contributed by atoms with van der Waals surface area (Å²) in [7, 11) is 0. The van der Waals surface area contributed by atoms with Crippen molar-refractivity contribution in [2.24, 2.45) is 0 Å². The highest BCUT2D eigenvalue weighted by Gasteiger charge is 2.13. The van der Waals surface area contributed by atoms with Gasteiger partial charge in [0.05, 0.1) is 6.26 Å². The molecule has 1 aromatic heterocycles.